The Bertz CT molecular complexity index is 1460. The van der Waals surface area contributed by atoms with Crippen LogP contribution < -0.4 is 15.2 Å². The van der Waals surface area contributed by atoms with E-state index in [0.29, 0.717) is 44.8 Å². The Morgan fingerprint density at radius 3 is 2.50 bits per heavy atom. The highest BCUT2D eigenvalue weighted by molar-refractivity contribution is 6.30. The van der Waals surface area contributed by atoms with Gasteiger partial charge in [-0.15, -0.1) is 0 Å². The zero-order valence-electron chi connectivity index (χ0n) is 19.1. The molecule has 1 aliphatic rings. The lowest BCUT2D eigenvalue weighted by molar-refractivity contribution is 0.0992. The number of aryl methyl sites for hydroxylation is 2. The molecule has 5 rings (SSSR count). The van der Waals surface area contributed by atoms with Gasteiger partial charge in [0.05, 0.1) is 24.1 Å². The lowest BCUT2D eigenvalue weighted by Gasteiger charge is -2.26. The van der Waals surface area contributed by atoms with Gasteiger partial charge in [-0.05, 0) is 49.7 Å². The van der Waals surface area contributed by atoms with Crippen molar-refractivity contribution in [3.63, 3.8) is 0 Å². The fraction of sp³-hybridized carbons (Fsp3) is 0.200. The molecule has 34 heavy (non-hydrogen) atoms. The minimum absolute atomic E-state index is 0.110. The number of ether oxygens (including phenoxy) is 1. The van der Waals surface area contributed by atoms with Crippen molar-refractivity contribution >= 4 is 23.2 Å². The molecule has 1 aromatic carbocycles. The van der Waals surface area contributed by atoms with Crippen LogP contribution >= 0.6 is 11.6 Å². The summed E-state index contributed by atoms with van der Waals surface area (Å²) in [6, 6.07) is 12.2. The minimum Gasteiger partial charge on any atom is -0.479 e. The molecule has 4 aromatic rings. The molecule has 1 amide bonds. The van der Waals surface area contributed by atoms with E-state index in [1.54, 1.807) is 67.3 Å². The number of halogens is 1. The predicted molar refractivity (Wildman–Crippen MR) is 129 cm³/mol. The van der Waals surface area contributed by atoms with Gasteiger partial charge in [0.25, 0.3) is 11.5 Å². The third-order valence-electron chi connectivity index (χ3n) is 6.08. The zero-order chi connectivity index (χ0) is 24.1. The number of fused-ring (bicyclic) bond motifs is 1. The van der Waals surface area contributed by atoms with Crippen molar-refractivity contribution in [1.82, 2.24) is 19.3 Å². The third kappa shape index (κ3) is 3.30. The van der Waals surface area contributed by atoms with Gasteiger partial charge in [-0.3, -0.25) is 14.5 Å². The van der Waals surface area contributed by atoms with Crippen molar-refractivity contribution in [2.24, 2.45) is 7.05 Å². The largest absolute Gasteiger partial charge is 0.479 e. The Labute approximate surface area is 201 Å². The fourth-order valence-corrected chi connectivity index (χ4v) is 4.61. The summed E-state index contributed by atoms with van der Waals surface area (Å²) in [6.07, 6.45) is 3.32. The molecule has 0 saturated heterocycles. The maximum Gasteiger partial charge on any atom is 0.263 e. The molecule has 9 heteroatoms. The molecule has 1 unspecified atom stereocenters. The summed E-state index contributed by atoms with van der Waals surface area (Å²) in [4.78, 5) is 32.1. The third-order valence-corrected chi connectivity index (χ3v) is 6.33. The van der Waals surface area contributed by atoms with Crippen molar-refractivity contribution in [1.29, 1.82) is 0 Å². The molecule has 3 aromatic heterocycles. The molecule has 0 spiro atoms. The summed E-state index contributed by atoms with van der Waals surface area (Å²) in [5, 5.41) is 5.47. The number of pyridine rings is 2. The van der Waals surface area contributed by atoms with Gasteiger partial charge in [-0.25, -0.2) is 9.67 Å². The Morgan fingerprint density at radius 1 is 1.09 bits per heavy atom. The summed E-state index contributed by atoms with van der Waals surface area (Å²) in [7, 11) is 3.22. The first-order chi connectivity index (χ1) is 16.3. The zero-order valence-corrected chi connectivity index (χ0v) is 19.9. The number of amides is 1. The van der Waals surface area contributed by atoms with Crippen LogP contribution in [0.25, 0.3) is 5.69 Å². The second-order valence-corrected chi connectivity index (χ2v) is 8.65. The van der Waals surface area contributed by atoms with Crippen molar-refractivity contribution in [2.75, 3.05) is 12.0 Å². The van der Waals surface area contributed by atoms with Gasteiger partial charge < -0.3 is 9.30 Å². The van der Waals surface area contributed by atoms with Crippen LogP contribution in [0.5, 0.6) is 5.88 Å². The molecule has 4 heterocycles. The second kappa shape index (κ2) is 8.14. The monoisotopic (exact) mass is 475 g/mol. The van der Waals surface area contributed by atoms with Gasteiger partial charge in [-0.2, -0.15) is 5.10 Å². The van der Waals surface area contributed by atoms with E-state index < -0.39 is 6.04 Å². The Hall–Kier alpha value is -3.91. The average Bonchev–Trinajstić information content (AvgIpc) is 3.31. The molecule has 0 radical (unpaired) electrons. The highest BCUT2D eigenvalue weighted by Gasteiger charge is 2.44. The average molecular weight is 476 g/mol. The van der Waals surface area contributed by atoms with Crippen molar-refractivity contribution in [2.45, 2.75) is 19.9 Å². The highest BCUT2D eigenvalue weighted by atomic mass is 35.5. The molecular formula is C25H22ClN5O3. The van der Waals surface area contributed by atoms with E-state index in [1.807, 2.05) is 25.1 Å². The smallest absolute Gasteiger partial charge is 0.263 e. The molecular weight excluding hydrogens is 454 g/mol. The van der Waals surface area contributed by atoms with Crippen LogP contribution in [0.15, 0.2) is 59.7 Å². The first-order valence-corrected chi connectivity index (χ1v) is 11.0. The lowest BCUT2D eigenvalue weighted by atomic mass is 10.0. The maximum atomic E-state index is 13.9. The molecule has 0 saturated carbocycles. The number of hydrogen-bond acceptors (Lipinski definition) is 5. The van der Waals surface area contributed by atoms with Crippen molar-refractivity contribution < 1.29 is 9.53 Å². The van der Waals surface area contributed by atoms with E-state index in [-0.39, 0.29) is 11.5 Å². The summed E-state index contributed by atoms with van der Waals surface area (Å²) in [5.41, 5.74) is 4.35. The van der Waals surface area contributed by atoms with Gasteiger partial charge >= 0.3 is 0 Å². The molecule has 1 aliphatic heterocycles. The molecule has 172 valence electrons. The minimum atomic E-state index is -0.501. The van der Waals surface area contributed by atoms with E-state index in [4.69, 9.17) is 21.4 Å². The van der Waals surface area contributed by atoms with Crippen LogP contribution in [0.2, 0.25) is 5.02 Å². The van der Waals surface area contributed by atoms with Crippen LogP contribution in [0.1, 0.15) is 38.9 Å². The fourth-order valence-electron chi connectivity index (χ4n) is 4.48. The molecule has 0 aliphatic carbocycles. The van der Waals surface area contributed by atoms with E-state index >= 15 is 0 Å². The van der Waals surface area contributed by atoms with Crippen molar-refractivity contribution in [3.8, 4) is 11.6 Å². The molecule has 8 nitrogen and oxygen atoms in total. The van der Waals surface area contributed by atoms with Crippen molar-refractivity contribution in [3.05, 3.63) is 98.3 Å². The number of anilines is 1. The first kappa shape index (κ1) is 21.9. The van der Waals surface area contributed by atoms with Crippen LogP contribution in [0.3, 0.4) is 0 Å². The molecule has 1 atom stereocenters. The standard InChI is InChI=1S/C25H22ClN5O3/c1-14-12-18(13-29(3)24(14)32)30-22(16-7-9-17(26)10-8-16)21-20(25(30)33)15(2)31(28-21)19-6-5-11-27-23(19)34-4/h5-13,22H,1-4H3. The number of benzene rings is 1. The van der Waals surface area contributed by atoms with Gasteiger partial charge in [0.15, 0.2) is 0 Å². The summed E-state index contributed by atoms with van der Waals surface area (Å²) in [6.45, 7) is 3.59. The summed E-state index contributed by atoms with van der Waals surface area (Å²) < 4.78 is 8.60. The highest BCUT2D eigenvalue weighted by Crippen LogP contribution is 2.43. The van der Waals surface area contributed by atoms with Crippen LogP contribution in [0.4, 0.5) is 5.69 Å². The SMILES string of the molecule is COc1ncccc1-n1nc2c(c1C)C(=O)N(c1cc(C)c(=O)n(C)c1)C2c1ccc(Cl)cc1. The predicted octanol–water partition coefficient (Wildman–Crippen LogP) is 3.99. The van der Waals surface area contributed by atoms with E-state index in [2.05, 4.69) is 4.98 Å². The maximum absolute atomic E-state index is 13.9. The number of carbonyl (C=O) groups is 1. The molecule has 0 N–H and O–H groups in total. The van der Waals surface area contributed by atoms with Crippen LogP contribution in [0, 0.1) is 13.8 Å². The first-order valence-electron chi connectivity index (χ1n) is 10.7. The van der Waals surface area contributed by atoms with Gasteiger partial charge in [0.2, 0.25) is 5.88 Å². The van der Waals surface area contributed by atoms with Crippen LogP contribution in [-0.4, -0.2) is 32.3 Å². The van der Waals surface area contributed by atoms with E-state index in [0.717, 1.165) is 5.56 Å². The summed E-state index contributed by atoms with van der Waals surface area (Å²) >= 11 is 6.14. The van der Waals surface area contributed by atoms with Crippen LogP contribution in [-0.2, 0) is 7.05 Å². The number of nitrogens with zero attached hydrogens (tertiary/aromatic N) is 5. The topological polar surface area (TPSA) is 82.2 Å². The summed E-state index contributed by atoms with van der Waals surface area (Å²) in [5.74, 6) is 0.215. The van der Waals surface area contributed by atoms with E-state index in [9.17, 15) is 9.59 Å². The normalized spacial score (nSPS) is 15.0. The molecule has 0 bridgehead atoms. The number of rotatable bonds is 4. The Morgan fingerprint density at radius 2 is 1.82 bits per heavy atom. The Kier molecular flexibility index (Phi) is 5.25. The number of aromatic nitrogens is 4. The second-order valence-electron chi connectivity index (χ2n) is 8.22. The van der Waals surface area contributed by atoms with Gasteiger partial charge in [-0.1, -0.05) is 23.7 Å². The Balaban J connectivity index is 1.74. The number of hydrogen-bond donors (Lipinski definition) is 0. The number of carbonyl (C=O) groups excluding carboxylic acids is 1. The van der Waals surface area contributed by atoms with Gasteiger partial charge in [0.1, 0.15) is 17.4 Å². The quantitative estimate of drug-likeness (QED) is 0.445. The molecule has 0 fully saturated rings. The van der Waals surface area contributed by atoms with Gasteiger partial charge in [0, 0.05) is 30.0 Å². The number of methoxy groups -OCH3 is 1. The lowest BCUT2D eigenvalue weighted by Crippen LogP contribution is -2.32. The van der Waals surface area contributed by atoms with E-state index in [1.165, 1.54) is 4.57 Å².